The molecule has 4 nitrogen and oxygen atoms in total. The van der Waals surface area contributed by atoms with E-state index in [1.165, 1.54) is 0 Å². The zero-order valence-corrected chi connectivity index (χ0v) is 11.7. The Morgan fingerprint density at radius 2 is 2.16 bits per heavy atom. The van der Waals surface area contributed by atoms with Gasteiger partial charge >= 0.3 is 0 Å². The zero-order chi connectivity index (χ0) is 13.7. The summed E-state index contributed by atoms with van der Waals surface area (Å²) in [5.74, 6) is 0.495. The molecule has 0 saturated carbocycles. The number of carbonyl (C=O) groups is 1. The van der Waals surface area contributed by atoms with E-state index in [4.69, 9.17) is 4.74 Å². The van der Waals surface area contributed by atoms with E-state index in [9.17, 15) is 4.79 Å². The van der Waals surface area contributed by atoms with E-state index >= 15 is 0 Å². The van der Waals surface area contributed by atoms with Gasteiger partial charge in [-0.1, -0.05) is 19.9 Å². The number of pyridine rings is 1. The number of carbonyl (C=O) groups excluding carboxylic acids is 1. The second-order valence-electron chi connectivity index (χ2n) is 5.61. The summed E-state index contributed by atoms with van der Waals surface area (Å²) >= 11 is 0. The lowest BCUT2D eigenvalue weighted by molar-refractivity contribution is -0.134. The molecular weight excluding hydrogens is 240 g/mol. The number of aromatic nitrogens is 1. The molecule has 1 aromatic rings. The van der Waals surface area contributed by atoms with Crippen LogP contribution in [0.1, 0.15) is 32.4 Å². The summed E-state index contributed by atoms with van der Waals surface area (Å²) in [5.41, 5.74) is 0.539. The summed E-state index contributed by atoms with van der Waals surface area (Å²) in [6, 6.07) is 5.72. The van der Waals surface area contributed by atoms with Crippen LogP contribution in [0.4, 0.5) is 0 Å². The Hall–Kier alpha value is -1.42. The second kappa shape index (κ2) is 6.15. The number of hydrogen-bond acceptors (Lipinski definition) is 3. The Balaban J connectivity index is 1.90. The lowest BCUT2D eigenvalue weighted by Gasteiger charge is -2.35. The molecule has 19 heavy (non-hydrogen) atoms. The van der Waals surface area contributed by atoms with Gasteiger partial charge in [0.15, 0.2) is 0 Å². The molecule has 0 unspecified atom stereocenters. The molecule has 0 atom stereocenters. The van der Waals surface area contributed by atoms with E-state index < -0.39 is 0 Å². The molecule has 1 amide bonds. The molecule has 0 radical (unpaired) electrons. The lowest BCUT2D eigenvalue weighted by Crippen LogP contribution is -2.43. The van der Waals surface area contributed by atoms with E-state index in [0.717, 1.165) is 31.7 Å². The fraction of sp³-hybridized carbons (Fsp3) is 0.600. The normalized spacial score (nSPS) is 17.2. The maximum Gasteiger partial charge on any atom is 0.226 e. The third-order valence-electron chi connectivity index (χ3n) is 3.98. The highest BCUT2D eigenvalue weighted by atomic mass is 16.5. The topological polar surface area (TPSA) is 51.2 Å². The molecule has 0 spiro atoms. The van der Waals surface area contributed by atoms with Crippen molar-refractivity contribution >= 4 is 5.91 Å². The van der Waals surface area contributed by atoms with Gasteiger partial charge in [0, 0.05) is 24.8 Å². The molecule has 1 aliphatic heterocycles. The van der Waals surface area contributed by atoms with Crippen LogP contribution in [0.25, 0.3) is 0 Å². The molecule has 0 aliphatic carbocycles. The first kappa shape index (κ1) is 14.0. The fourth-order valence-corrected chi connectivity index (χ4v) is 2.51. The number of nitrogens with one attached hydrogen (secondary N) is 1. The minimum atomic E-state index is -0.349. The van der Waals surface area contributed by atoms with Crippen molar-refractivity contribution in [2.45, 2.75) is 33.2 Å². The molecule has 1 saturated heterocycles. The third kappa shape index (κ3) is 3.53. The van der Waals surface area contributed by atoms with E-state index in [-0.39, 0.29) is 11.3 Å². The van der Waals surface area contributed by atoms with Gasteiger partial charge in [-0.2, -0.15) is 0 Å². The van der Waals surface area contributed by atoms with Crippen molar-refractivity contribution in [3.63, 3.8) is 0 Å². The predicted molar refractivity (Wildman–Crippen MR) is 73.4 cm³/mol. The highest BCUT2D eigenvalue weighted by molar-refractivity contribution is 5.82. The quantitative estimate of drug-likeness (QED) is 0.904. The number of hydrogen-bond donors (Lipinski definition) is 1. The molecule has 1 aliphatic rings. The van der Waals surface area contributed by atoms with E-state index in [1.807, 2.05) is 32.0 Å². The monoisotopic (exact) mass is 262 g/mol. The van der Waals surface area contributed by atoms with Crippen molar-refractivity contribution in [3.05, 3.63) is 30.1 Å². The highest BCUT2D eigenvalue weighted by Gasteiger charge is 2.37. The molecule has 104 valence electrons. The Morgan fingerprint density at radius 1 is 1.42 bits per heavy atom. The van der Waals surface area contributed by atoms with Gasteiger partial charge in [-0.25, -0.2) is 0 Å². The van der Waals surface area contributed by atoms with Gasteiger partial charge in [0.25, 0.3) is 0 Å². The summed E-state index contributed by atoms with van der Waals surface area (Å²) in [6.45, 7) is 6.07. The Bertz CT molecular complexity index is 411. The highest BCUT2D eigenvalue weighted by Crippen LogP contribution is 2.34. The smallest absolute Gasteiger partial charge is 0.226 e. The number of amides is 1. The van der Waals surface area contributed by atoms with Gasteiger partial charge < -0.3 is 10.1 Å². The molecule has 4 heteroatoms. The standard InChI is InChI=1S/C15H22N2O2/c1-15(2,12-6-9-19-10-7-12)14(18)17-11-13-5-3-4-8-16-13/h3-5,8,12H,6-7,9-11H2,1-2H3,(H,17,18). The minimum absolute atomic E-state index is 0.102. The van der Waals surface area contributed by atoms with E-state index in [2.05, 4.69) is 10.3 Å². The maximum absolute atomic E-state index is 12.4. The molecule has 0 bridgehead atoms. The summed E-state index contributed by atoms with van der Waals surface area (Å²) < 4.78 is 5.36. The third-order valence-corrected chi connectivity index (χ3v) is 3.98. The molecule has 1 fully saturated rings. The van der Waals surface area contributed by atoms with Crippen molar-refractivity contribution in [1.29, 1.82) is 0 Å². The number of rotatable bonds is 4. The average molecular weight is 262 g/mol. The molecule has 0 aromatic carbocycles. The van der Waals surface area contributed by atoms with Crippen LogP contribution in [0.5, 0.6) is 0 Å². The van der Waals surface area contributed by atoms with Gasteiger partial charge in [-0.3, -0.25) is 9.78 Å². The molecule has 1 aromatic heterocycles. The van der Waals surface area contributed by atoms with Crippen LogP contribution in [-0.4, -0.2) is 24.1 Å². The van der Waals surface area contributed by atoms with Crippen molar-refractivity contribution in [3.8, 4) is 0 Å². The number of nitrogens with zero attached hydrogens (tertiary/aromatic N) is 1. The summed E-state index contributed by atoms with van der Waals surface area (Å²) in [6.07, 6.45) is 3.67. The predicted octanol–water partition coefficient (Wildman–Crippen LogP) is 2.15. The van der Waals surface area contributed by atoms with Gasteiger partial charge in [-0.15, -0.1) is 0 Å². The SMILES string of the molecule is CC(C)(C(=O)NCc1ccccn1)C1CCOCC1. The van der Waals surface area contributed by atoms with Crippen LogP contribution < -0.4 is 5.32 Å². The molecular formula is C15H22N2O2. The summed E-state index contributed by atoms with van der Waals surface area (Å²) in [5, 5.41) is 2.99. The van der Waals surface area contributed by atoms with Crippen LogP contribution in [-0.2, 0) is 16.1 Å². The average Bonchev–Trinajstić information content (AvgIpc) is 2.46. The zero-order valence-electron chi connectivity index (χ0n) is 11.7. The molecule has 1 N–H and O–H groups in total. The van der Waals surface area contributed by atoms with E-state index in [1.54, 1.807) is 6.20 Å². The van der Waals surface area contributed by atoms with Gasteiger partial charge in [0.1, 0.15) is 0 Å². The second-order valence-corrected chi connectivity index (χ2v) is 5.61. The molecule has 2 rings (SSSR count). The van der Waals surface area contributed by atoms with E-state index in [0.29, 0.717) is 12.5 Å². The van der Waals surface area contributed by atoms with Crippen LogP contribution in [0, 0.1) is 11.3 Å². The van der Waals surface area contributed by atoms with Crippen LogP contribution in [0.15, 0.2) is 24.4 Å². The first-order valence-electron chi connectivity index (χ1n) is 6.86. The van der Waals surface area contributed by atoms with Crippen LogP contribution >= 0.6 is 0 Å². The van der Waals surface area contributed by atoms with Crippen molar-refractivity contribution in [1.82, 2.24) is 10.3 Å². The van der Waals surface area contributed by atoms with Crippen LogP contribution in [0.3, 0.4) is 0 Å². The minimum Gasteiger partial charge on any atom is -0.381 e. The summed E-state index contributed by atoms with van der Waals surface area (Å²) in [4.78, 5) is 16.6. The Kier molecular flexibility index (Phi) is 4.53. The lowest BCUT2D eigenvalue weighted by atomic mass is 9.74. The molecule has 2 heterocycles. The maximum atomic E-state index is 12.4. The number of ether oxygens (including phenoxy) is 1. The van der Waals surface area contributed by atoms with Gasteiger partial charge in [0.05, 0.1) is 12.2 Å². The Labute approximate surface area is 114 Å². The van der Waals surface area contributed by atoms with Gasteiger partial charge in [-0.05, 0) is 30.9 Å². The van der Waals surface area contributed by atoms with Crippen molar-refractivity contribution in [2.75, 3.05) is 13.2 Å². The first-order valence-corrected chi connectivity index (χ1v) is 6.86. The largest absolute Gasteiger partial charge is 0.381 e. The fourth-order valence-electron chi connectivity index (χ4n) is 2.51. The first-order chi connectivity index (χ1) is 9.10. The van der Waals surface area contributed by atoms with Crippen molar-refractivity contribution in [2.24, 2.45) is 11.3 Å². The Morgan fingerprint density at radius 3 is 2.79 bits per heavy atom. The van der Waals surface area contributed by atoms with Gasteiger partial charge in [0.2, 0.25) is 5.91 Å². The summed E-state index contributed by atoms with van der Waals surface area (Å²) in [7, 11) is 0. The van der Waals surface area contributed by atoms with Crippen LogP contribution in [0.2, 0.25) is 0 Å². The van der Waals surface area contributed by atoms with Crippen molar-refractivity contribution < 1.29 is 9.53 Å².